The summed E-state index contributed by atoms with van der Waals surface area (Å²) in [6.45, 7) is 1.11. The molecule has 0 spiro atoms. The molecule has 52 valence electrons. The van der Waals surface area contributed by atoms with E-state index in [1.54, 1.807) is 0 Å². The summed E-state index contributed by atoms with van der Waals surface area (Å²) in [5, 5.41) is 8.39. The standard InChI is InChI=1S/C5H14NO.HI/c1-6(2,3)4-5-7;/h7H,4-5H2,1-3H3;1H/q+1;/p-1. The quantitative estimate of drug-likeness (QED) is 0.390. The summed E-state index contributed by atoms with van der Waals surface area (Å²) in [5.74, 6) is 0. The summed E-state index contributed by atoms with van der Waals surface area (Å²) in [7, 11) is 6.16. The molecule has 8 heavy (non-hydrogen) atoms. The van der Waals surface area contributed by atoms with Gasteiger partial charge in [-0.3, -0.25) is 0 Å². The van der Waals surface area contributed by atoms with E-state index in [4.69, 9.17) is 5.11 Å². The third-order valence-electron chi connectivity index (χ3n) is 0.771. The topological polar surface area (TPSA) is 20.2 Å². The Kier molecular flexibility index (Phi) is 6.47. The van der Waals surface area contributed by atoms with Gasteiger partial charge < -0.3 is 33.6 Å². The van der Waals surface area contributed by atoms with Crippen LogP contribution in [0.2, 0.25) is 0 Å². The number of hydrogen-bond donors (Lipinski definition) is 1. The highest BCUT2D eigenvalue weighted by atomic mass is 127. The molecule has 0 fully saturated rings. The van der Waals surface area contributed by atoms with Gasteiger partial charge in [0.25, 0.3) is 0 Å². The molecule has 3 heteroatoms. The van der Waals surface area contributed by atoms with Crippen molar-refractivity contribution >= 4 is 0 Å². The van der Waals surface area contributed by atoms with Crippen molar-refractivity contribution in [3.05, 3.63) is 0 Å². The van der Waals surface area contributed by atoms with Gasteiger partial charge in [-0.25, -0.2) is 0 Å². The van der Waals surface area contributed by atoms with Gasteiger partial charge in [0.15, 0.2) is 0 Å². The Labute approximate surface area is 68.1 Å². The molecule has 0 saturated heterocycles. The molecule has 0 heterocycles. The Hall–Kier alpha value is 0.650. The summed E-state index contributed by atoms with van der Waals surface area (Å²) in [4.78, 5) is 0. The molecule has 0 aliphatic rings. The molecule has 0 aromatic heterocycles. The van der Waals surface area contributed by atoms with Crippen LogP contribution in [0.4, 0.5) is 0 Å². The van der Waals surface area contributed by atoms with Crippen molar-refractivity contribution in [2.45, 2.75) is 0 Å². The second-order valence-corrected chi connectivity index (χ2v) is 2.74. The molecule has 1 N–H and O–H groups in total. The maximum Gasteiger partial charge on any atom is 0.101 e. The van der Waals surface area contributed by atoms with E-state index in [0.717, 1.165) is 11.0 Å². The number of halogens is 1. The number of hydrogen-bond acceptors (Lipinski definition) is 1. The minimum Gasteiger partial charge on any atom is -1.00 e. The van der Waals surface area contributed by atoms with E-state index in [0.29, 0.717) is 0 Å². The number of quaternary nitrogens is 1. The van der Waals surface area contributed by atoms with Crippen molar-refractivity contribution in [1.29, 1.82) is 0 Å². The largest absolute Gasteiger partial charge is 1.00 e. The van der Waals surface area contributed by atoms with E-state index in [2.05, 4.69) is 21.1 Å². The van der Waals surface area contributed by atoms with E-state index in [-0.39, 0.29) is 30.6 Å². The molecule has 0 aromatic rings. The fraction of sp³-hybridized carbons (Fsp3) is 1.00. The van der Waals surface area contributed by atoms with E-state index in [1.165, 1.54) is 0 Å². The van der Waals surface area contributed by atoms with Gasteiger partial charge in [-0.05, 0) is 0 Å². The molecule has 0 radical (unpaired) electrons. The van der Waals surface area contributed by atoms with Crippen LogP contribution in [0, 0.1) is 0 Å². The SMILES string of the molecule is C[N+](C)(C)CCO.[I-]. The normalized spacial score (nSPS) is 10.5. The molecule has 0 aromatic carbocycles. The highest BCUT2D eigenvalue weighted by Gasteiger charge is 2.02. The minimum absolute atomic E-state index is 0. The van der Waals surface area contributed by atoms with Gasteiger partial charge in [-0.1, -0.05) is 0 Å². The van der Waals surface area contributed by atoms with Crippen LogP contribution >= 0.6 is 0 Å². The number of nitrogens with zero attached hydrogens (tertiary/aromatic N) is 1. The molecule has 0 rings (SSSR count). The lowest BCUT2D eigenvalue weighted by Crippen LogP contribution is -3.00. The van der Waals surface area contributed by atoms with Crippen molar-refractivity contribution in [2.75, 3.05) is 34.3 Å². The van der Waals surface area contributed by atoms with Gasteiger partial charge in [0.2, 0.25) is 0 Å². The molecule has 0 aliphatic heterocycles. The lowest BCUT2D eigenvalue weighted by atomic mass is 10.5. The second kappa shape index (κ2) is 4.52. The maximum absolute atomic E-state index is 8.39. The van der Waals surface area contributed by atoms with Gasteiger partial charge in [0, 0.05) is 0 Å². The minimum atomic E-state index is 0. The maximum atomic E-state index is 8.39. The predicted octanol–water partition coefficient (Wildman–Crippen LogP) is -3.31. The number of rotatable bonds is 2. The summed E-state index contributed by atoms with van der Waals surface area (Å²) in [5.41, 5.74) is 0. The molecule has 0 amide bonds. The Morgan fingerprint density at radius 2 is 1.62 bits per heavy atom. The van der Waals surface area contributed by atoms with Crippen molar-refractivity contribution in [2.24, 2.45) is 0 Å². The fourth-order valence-corrected chi connectivity index (χ4v) is 0.300. The highest BCUT2D eigenvalue weighted by molar-refractivity contribution is 4.19. The van der Waals surface area contributed by atoms with Gasteiger partial charge in [0.1, 0.15) is 6.54 Å². The number of aliphatic hydroxyl groups excluding tert-OH is 1. The van der Waals surface area contributed by atoms with Crippen LogP contribution in [0.5, 0.6) is 0 Å². The van der Waals surface area contributed by atoms with Gasteiger partial charge in [-0.2, -0.15) is 0 Å². The summed E-state index contributed by atoms with van der Waals surface area (Å²) >= 11 is 0. The third-order valence-corrected chi connectivity index (χ3v) is 0.771. The lowest BCUT2D eigenvalue weighted by molar-refractivity contribution is -0.870. The van der Waals surface area contributed by atoms with Crippen LogP contribution in [0.25, 0.3) is 0 Å². The second-order valence-electron chi connectivity index (χ2n) is 2.74. The predicted molar refractivity (Wildman–Crippen MR) is 30.0 cm³/mol. The average Bonchev–Trinajstić information content (AvgIpc) is 1.30. The van der Waals surface area contributed by atoms with Crippen molar-refractivity contribution in [1.82, 2.24) is 0 Å². The zero-order chi connectivity index (χ0) is 5.91. The van der Waals surface area contributed by atoms with Crippen molar-refractivity contribution in [3.63, 3.8) is 0 Å². The Morgan fingerprint density at radius 3 is 1.62 bits per heavy atom. The average molecular weight is 231 g/mol. The summed E-state index contributed by atoms with van der Waals surface area (Å²) < 4.78 is 0.844. The van der Waals surface area contributed by atoms with E-state index < -0.39 is 0 Å². The Balaban J connectivity index is 0. The van der Waals surface area contributed by atoms with Gasteiger partial charge in [0.05, 0.1) is 27.7 Å². The molecular weight excluding hydrogens is 217 g/mol. The fourth-order valence-electron chi connectivity index (χ4n) is 0.300. The molecule has 0 bridgehead atoms. The van der Waals surface area contributed by atoms with Crippen LogP contribution < -0.4 is 24.0 Å². The van der Waals surface area contributed by atoms with Crippen molar-refractivity contribution < 1.29 is 33.6 Å². The van der Waals surface area contributed by atoms with Crippen LogP contribution in [0.3, 0.4) is 0 Å². The number of likely N-dealkylation sites (N-methyl/N-ethyl adjacent to an activating group) is 1. The van der Waals surface area contributed by atoms with E-state index in [9.17, 15) is 0 Å². The first-order valence-electron chi connectivity index (χ1n) is 2.47. The molecule has 0 aliphatic carbocycles. The summed E-state index contributed by atoms with van der Waals surface area (Å²) in [6.07, 6.45) is 0. The molecule has 0 atom stereocenters. The van der Waals surface area contributed by atoms with Crippen LogP contribution in [-0.2, 0) is 0 Å². The van der Waals surface area contributed by atoms with Gasteiger partial charge in [-0.15, -0.1) is 0 Å². The van der Waals surface area contributed by atoms with Gasteiger partial charge >= 0.3 is 0 Å². The van der Waals surface area contributed by atoms with Crippen LogP contribution in [0.1, 0.15) is 0 Å². The Morgan fingerprint density at radius 1 is 1.25 bits per heavy atom. The first-order valence-corrected chi connectivity index (χ1v) is 2.47. The molecular formula is C5H14INO. The third kappa shape index (κ3) is 9.82. The Bertz CT molecular complexity index is 50.9. The number of aliphatic hydroxyl groups is 1. The zero-order valence-corrected chi connectivity index (χ0v) is 7.84. The van der Waals surface area contributed by atoms with Crippen molar-refractivity contribution in [3.8, 4) is 0 Å². The van der Waals surface area contributed by atoms with Crippen LogP contribution in [0.15, 0.2) is 0 Å². The first kappa shape index (κ1) is 11.4. The summed E-state index contributed by atoms with van der Waals surface area (Å²) in [6, 6.07) is 0. The van der Waals surface area contributed by atoms with E-state index in [1.807, 2.05) is 0 Å². The molecule has 0 unspecified atom stereocenters. The molecule has 0 saturated carbocycles. The monoisotopic (exact) mass is 231 g/mol. The zero-order valence-electron chi connectivity index (χ0n) is 5.69. The smallest absolute Gasteiger partial charge is 0.101 e. The first-order chi connectivity index (χ1) is 3.06. The highest BCUT2D eigenvalue weighted by Crippen LogP contribution is 1.84. The lowest BCUT2D eigenvalue weighted by Gasteiger charge is -2.21. The van der Waals surface area contributed by atoms with E-state index >= 15 is 0 Å². The van der Waals surface area contributed by atoms with Crippen LogP contribution in [-0.4, -0.2) is 43.9 Å². The molecule has 2 nitrogen and oxygen atoms in total.